The summed E-state index contributed by atoms with van der Waals surface area (Å²) in [5.74, 6) is 0.394. The lowest BCUT2D eigenvalue weighted by atomic mass is 10.1. The van der Waals surface area contributed by atoms with Crippen LogP contribution in [0.4, 0.5) is 4.79 Å². The molecule has 150 valence electrons. The number of piperidine rings is 1. The van der Waals surface area contributed by atoms with E-state index in [-0.39, 0.29) is 29.0 Å². The molecule has 1 saturated heterocycles. The molecule has 2 heterocycles. The van der Waals surface area contributed by atoms with E-state index in [1.54, 1.807) is 30.3 Å². The van der Waals surface area contributed by atoms with Gasteiger partial charge >= 0.3 is 6.09 Å². The standard InChI is InChI=1S/C18H20ClN3O5S/c1-27-16-7-3-5-14(20-16)13-4-2-6-15(17(13)19)28(25,26)21-12-8-10-22(11-9-12)18(23)24/h2-7,12,21H,8-11H2,1H3,(H,23,24). The van der Waals surface area contributed by atoms with Crippen molar-refractivity contribution >= 4 is 27.7 Å². The van der Waals surface area contributed by atoms with Crippen molar-refractivity contribution in [3.05, 3.63) is 41.4 Å². The van der Waals surface area contributed by atoms with Crippen LogP contribution in [-0.2, 0) is 10.0 Å². The highest BCUT2D eigenvalue weighted by Crippen LogP contribution is 2.33. The fraction of sp³-hybridized carbons (Fsp3) is 0.333. The molecule has 0 atom stereocenters. The van der Waals surface area contributed by atoms with Gasteiger partial charge in [0.2, 0.25) is 15.9 Å². The second-order valence-electron chi connectivity index (χ2n) is 6.35. The normalized spacial score (nSPS) is 15.4. The fourth-order valence-corrected chi connectivity index (χ4v) is 5.00. The largest absolute Gasteiger partial charge is 0.481 e. The summed E-state index contributed by atoms with van der Waals surface area (Å²) in [4.78, 5) is 16.5. The highest BCUT2D eigenvalue weighted by atomic mass is 35.5. The van der Waals surface area contributed by atoms with Gasteiger partial charge in [0.05, 0.1) is 17.8 Å². The van der Waals surface area contributed by atoms with E-state index in [4.69, 9.17) is 21.4 Å². The minimum atomic E-state index is -3.88. The number of carboxylic acid groups (broad SMARTS) is 1. The van der Waals surface area contributed by atoms with Gasteiger partial charge in [-0.2, -0.15) is 0 Å². The molecule has 1 aliphatic rings. The van der Waals surface area contributed by atoms with Crippen molar-refractivity contribution in [1.29, 1.82) is 0 Å². The number of carbonyl (C=O) groups is 1. The molecule has 0 spiro atoms. The van der Waals surface area contributed by atoms with Crippen molar-refractivity contribution < 1.29 is 23.1 Å². The third-order valence-electron chi connectivity index (χ3n) is 4.55. The topological polar surface area (TPSA) is 109 Å². The molecule has 0 bridgehead atoms. The molecule has 1 aromatic heterocycles. The van der Waals surface area contributed by atoms with Crippen molar-refractivity contribution in [3.8, 4) is 17.1 Å². The van der Waals surface area contributed by atoms with Crippen molar-refractivity contribution in [1.82, 2.24) is 14.6 Å². The second kappa shape index (κ2) is 8.34. The summed E-state index contributed by atoms with van der Waals surface area (Å²) < 4.78 is 33.5. The summed E-state index contributed by atoms with van der Waals surface area (Å²) in [6, 6.07) is 9.51. The molecule has 3 rings (SSSR count). The van der Waals surface area contributed by atoms with Crippen molar-refractivity contribution in [2.75, 3.05) is 20.2 Å². The Labute approximate surface area is 168 Å². The first-order chi connectivity index (χ1) is 13.3. The number of likely N-dealkylation sites (tertiary alicyclic amines) is 1. The predicted octanol–water partition coefficient (Wildman–Crippen LogP) is 2.83. The van der Waals surface area contributed by atoms with Crippen LogP contribution in [0.25, 0.3) is 11.3 Å². The van der Waals surface area contributed by atoms with Gasteiger partial charge in [0.25, 0.3) is 0 Å². The predicted molar refractivity (Wildman–Crippen MR) is 104 cm³/mol. The quantitative estimate of drug-likeness (QED) is 0.762. The Morgan fingerprint density at radius 1 is 1.25 bits per heavy atom. The Hall–Kier alpha value is -2.36. The monoisotopic (exact) mass is 425 g/mol. The van der Waals surface area contributed by atoms with Gasteiger partial charge in [-0.05, 0) is 25.0 Å². The molecule has 0 aliphatic carbocycles. The van der Waals surface area contributed by atoms with Gasteiger partial charge in [-0.1, -0.05) is 29.8 Å². The molecule has 0 unspecified atom stereocenters. The molecule has 1 amide bonds. The van der Waals surface area contributed by atoms with Gasteiger partial charge in [-0.25, -0.2) is 22.9 Å². The number of sulfonamides is 1. The Balaban J connectivity index is 1.84. The Morgan fingerprint density at radius 3 is 2.57 bits per heavy atom. The van der Waals surface area contributed by atoms with E-state index < -0.39 is 16.1 Å². The highest BCUT2D eigenvalue weighted by molar-refractivity contribution is 7.89. The average Bonchev–Trinajstić information content (AvgIpc) is 2.68. The highest BCUT2D eigenvalue weighted by Gasteiger charge is 2.28. The summed E-state index contributed by atoms with van der Waals surface area (Å²) in [7, 11) is -2.39. The van der Waals surface area contributed by atoms with Crippen molar-refractivity contribution in [3.63, 3.8) is 0 Å². The maximum Gasteiger partial charge on any atom is 0.407 e. The molecule has 1 aliphatic heterocycles. The van der Waals surface area contributed by atoms with Gasteiger partial charge in [-0.15, -0.1) is 0 Å². The van der Waals surface area contributed by atoms with E-state index in [1.165, 1.54) is 18.1 Å². The van der Waals surface area contributed by atoms with Crippen LogP contribution in [0.1, 0.15) is 12.8 Å². The number of nitrogens with one attached hydrogen (secondary N) is 1. The van der Waals surface area contributed by atoms with Gasteiger partial charge in [0.15, 0.2) is 0 Å². The lowest BCUT2D eigenvalue weighted by molar-refractivity contribution is 0.131. The molecule has 0 radical (unpaired) electrons. The smallest absolute Gasteiger partial charge is 0.407 e. The second-order valence-corrected chi connectivity index (χ2v) is 8.41. The number of nitrogens with zero attached hydrogens (tertiary/aromatic N) is 2. The first-order valence-electron chi connectivity index (χ1n) is 8.62. The molecule has 1 aromatic carbocycles. The zero-order valence-electron chi connectivity index (χ0n) is 15.1. The number of aromatic nitrogens is 1. The van der Waals surface area contributed by atoms with Crippen LogP contribution < -0.4 is 9.46 Å². The van der Waals surface area contributed by atoms with Gasteiger partial charge in [-0.3, -0.25) is 0 Å². The van der Waals surface area contributed by atoms with E-state index in [2.05, 4.69) is 9.71 Å². The van der Waals surface area contributed by atoms with Crippen LogP contribution in [-0.4, -0.2) is 55.7 Å². The van der Waals surface area contributed by atoms with E-state index in [1.807, 2.05) is 0 Å². The van der Waals surface area contributed by atoms with Gasteiger partial charge in [0.1, 0.15) is 4.90 Å². The number of pyridine rings is 1. The van der Waals surface area contributed by atoms with Crippen molar-refractivity contribution in [2.24, 2.45) is 0 Å². The zero-order chi connectivity index (χ0) is 20.3. The molecule has 2 N–H and O–H groups in total. The van der Waals surface area contributed by atoms with E-state index in [0.717, 1.165) is 0 Å². The van der Waals surface area contributed by atoms with Crippen LogP contribution in [0.2, 0.25) is 5.02 Å². The van der Waals surface area contributed by atoms with E-state index in [0.29, 0.717) is 30.0 Å². The number of rotatable bonds is 5. The number of benzene rings is 1. The summed E-state index contributed by atoms with van der Waals surface area (Å²) >= 11 is 6.42. The number of hydrogen-bond donors (Lipinski definition) is 2. The number of amides is 1. The Bertz CT molecular complexity index is 975. The lowest BCUT2D eigenvalue weighted by Gasteiger charge is -2.30. The van der Waals surface area contributed by atoms with Crippen LogP contribution in [0.5, 0.6) is 5.88 Å². The van der Waals surface area contributed by atoms with Gasteiger partial charge in [0, 0.05) is 30.8 Å². The SMILES string of the molecule is COc1cccc(-c2cccc(S(=O)(=O)NC3CCN(C(=O)O)CC3)c2Cl)n1. The average molecular weight is 426 g/mol. The van der Waals surface area contributed by atoms with Gasteiger partial charge < -0.3 is 14.7 Å². The number of halogens is 1. The third kappa shape index (κ3) is 4.37. The minimum Gasteiger partial charge on any atom is -0.481 e. The molecule has 10 heteroatoms. The first-order valence-corrected chi connectivity index (χ1v) is 10.5. The van der Waals surface area contributed by atoms with E-state index >= 15 is 0 Å². The molecule has 1 fully saturated rings. The molecule has 0 saturated carbocycles. The lowest BCUT2D eigenvalue weighted by Crippen LogP contribution is -2.46. The Morgan fingerprint density at radius 2 is 1.93 bits per heavy atom. The maximum atomic E-state index is 12.9. The molecule has 8 nitrogen and oxygen atoms in total. The molecule has 28 heavy (non-hydrogen) atoms. The molecular formula is C18H20ClN3O5S. The summed E-state index contributed by atoms with van der Waals surface area (Å²) in [6.45, 7) is 0.564. The van der Waals surface area contributed by atoms with Crippen LogP contribution in [0, 0.1) is 0 Å². The number of ether oxygens (including phenoxy) is 1. The van der Waals surface area contributed by atoms with Crippen LogP contribution in [0.15, 0.2) is 41.3 Å². The summed E-state index contributed by atoms with van der Waals surface area (Å²) in [5, 5.41) is 9.07. The molecule has 2 aromatic rings. The summed E-state index contributed by atoms with van der Waals surface area (Å²) in [5.41, 5.74) is 0.973. The fourth-order valence-electron chi connectivity index (χ4n) is 3.07. The number of hydrogen-bond acceptors (Lipinski definition) is 5. The number of methoxy groups -OCH3 is 1. The third-order valence-corrected chi connectivity index (χ3v) is 6.63. The van der Waals surface area contributed by atoms with Crippen molar-refractivity contribution in [2.45, 2.75) is 23.8 Å². The van der Waals surface area contributed by atoms with Crippen LogP contribution in [0.3, 0.4) is 0 Å². The van der Waals surface area contributed by atoms with E-state index in [9.17, 15) is 13.2 Å². The Kier molecular flexibility index (Phi) is 6.07. The first kappa shape index (κ1) is 20.4. The van der Waals surface area contributed by atoms with Crippen LogP contribution >= 0.6 is 11.6 Å². The zero-order valence-corrected chi connectivity index (χ0v) is 16.7. The minimum absolute atomic E-state index is 0.0445. The maximum absolute atomic E-state index is 12.9. The summed E-state index contributed by atoms with van der Waals surface area (Å²) in [6.07, 6.45) is -0.191. The molecular weight excluding hydrogens is 406 g/mol.